The molecule has 0 aliphatic carbocycles. The molecule has 0 saturated carbocycles. The second-order valence-corrected chi connectivity index (χ2v) is 4.71. The summed E-state index contributed by atoms with van der Waals surface area (Å²) in [5, 5.41) is 0.761. The lowest BCUT2D eigenvalue weighted by atomic mass is 9.99. The van der Waals surface area contributed by atoms with Crippen molar-refractivity contribution in [1.82, 2.24) is 0 Å². The molecule has 0 heterocycles. The Hall–Kier alpha value is -0.570. The van der Waals surface area contributed by atoms with Gasteiger partial charge in [-0.3, -0.25) is 0 Å². The van der Waals surface area contributed by atoms with E-state index in [4.69, 9.17) is 22.1 Å². The Labute approximate surface area is 109 Å². The normalized spacial score (nSPS) is 14.6. The van der Waals surface area contributed by atoms with Gasteiger partial charge in [-0.05, 0) is 37.5 Å². The van der Waals surface area contributed by atoms with Gasteiger partial charge in [0.1, 0.15) is 0 Å². The number of hydrogen-bond donors (Lipinski definition) is 1. The number of halogens is 1. The molecule has 1 aromatic carbocycles. The van der Waals surface area contributed by atoms with Gasteiger partial charge in [0.25, 0.3) is 0 Å². The topological polar surface area (TPSA) is 35.2 Å². The minimum absolute atomic E-state index is 0.0519. The standard InChI is InChI=1S/C14H22ClNO/c1-3-5-14(17-4-2)13(16)10-11-6-8-12(15)9-7-11/h6-9,13-14H,3-5,10,16H2,1-2H3. The average molecular weight is 256 g/mol. The van der Waals surface area contributed by atoms with Crippen LogP contribution in [0.3, 0.4) is 0 Å². The molecule has 96 valence electrons. The van der Waals surface area contributed by atoms with Crippen molar-refractivity contribution in [2.75, 3.05) is 6.61 Å². The van der Waals surface area contributed by atoms with E-state index in [1.165, 1.54) is 5.56 Å². The van der Waals surface area contributed by atoms with Crippen LogP contribution in [0.25, 0.3) is 0 Å². The molecule has 0 fully saturated rings. The molecule has 2 unspecified atom stereocenters. The van der Waals surface area contributed by atoms with Gasteiger partial charge in [0.05, 0.1) is 6.10 Å². The van der Waals surface area contributed by atoms with Crippen LogP contribution in [0.2, 0.25) is 5.02 Å². The SMILES string of the molecule is CCCC(OCC)C(N)Cc1ccc(Cl)cc1. The van der Waals surface area contributed by atoms with Crippen molar-refractivity contribution < 1.29 is 4.74 Å². The molecule has 3 heteroatoms. The van der Waals surface area contributed by atoms with E-state index in [2.05, 4.69) is 6.92 Å². The summed E-state index contributed by atoms with van der Waals surface area (Å²) in [5.41, 5.74) is 7.41. The third-order valence-corrected chi connectivity index (χ3v) is 3.07. The molecule has 1 aromatic rings. The van der Waals surface area contributed by atoms with Gasteiger partial charge in [0, 0.05) is 17.7 Å². The molecule has 0 aliphatic heterocycles. The fourth-order valence-electron chi connectivity index (χ4n) is 1.94. The van der Waals surface area contributed by atoms with Crippen LogP contribution < -0.4 is 5.73 Å². The molecule has 2 atom stereocenters. The third-order valence-electron chi connectivity index (χ3n) is 2.82. The van der Waals surface area contributed by atoms with E-state index < -0.39 is 0 Å². The van der Waals surface area contributed by atoms with Crippen molar-refractivity contribution in [3.63, 3.8) is 0 Å². The Balaban J connectivity index is 2.55. The number of hydrogen-bond acceptors (Lipinski definition) is 2. The van der Waals surface area contributed by atoms with Crippen LogP contribution in [0.5, 0.6) is 0 Å². The van der Waals surface area contributed by atoms with Gasteiger partial charge in [-0.1, -0.05) is 37.1 Å². The molecule has 0 bridgehead atoms. The summed E-state index contributed by atoms with van der Waals surface area (Å²) < 4.78 is 5.69. The highest BCUT2D eigenvalue weighted by atomic mass is 35.5. The predicted octanol–water partition coefficient (Wildman–Crippen LogP) is 3.42. The largest absolute Gasteiger partial charge is 0.377 e. The molecule has 0 aromatic heterocycles. The average Bonchev–Trinajstić information content (AvgIpc) is 2.32. The Bertz CT molecular complexity index is 307. The van der Waals surface area contributed by atoms with Crippen LogP contribution in [0.4, 0.5) is 0 Å². The van der Waals surface area contributed by atoms with Gasteiger partial charge in [0.15, 0.2) is 0 Å². The molecule has 1 rings (SSSR count). The molecule has 0 radical (unpaired) electrons. The summed E-state index contributed by atoms with van der Waals surface area (Å²) in [6.07, 6.45) is 3.10. The van der Waals surface area contributed by atoms with Gasteiger partial charge in [-0.2, -0.15) is 0 Å². The van der Waals surface area contributed by atoms with Crippen molar-refractivity contribution in [2.24, 2.45) is 5.73 Å². The number of rotatable bonds is 7. The van der Waals surface area contributed by atoms with E-state index in [-0.39, 0.29) is 12.1 Å². The summed E-state index contributed by atoms with van der Waals surface area (Å²) in [4.78, 5) is 0. The maximum absolute atomic E-state index is 6.20. The monoisotopic (exact) mass is 255 g/mol. The third kappa shape index (κ3) is 5.07. The lowest BCUT2D eigenvalue weighted by molar-refractivity contribution is 0.0378. The van der Waals surface area contributed by atoms with E-state index in [1.54, 1.807) is 0 Å². The smallest absolute Gasteiger partial charge is 0.0728 e. The summed E-state index contributed by atoms with van der Waals surface area (Å²) in [7, 11) is 0. The first-order valence-electron chi connectivity index (χ1n) is 6.29. The zero-order valence-electron chi connectivity index (χ0n) is 10.7. The fourth-order valence-corrected chi connectivity index (χ4v) is 2.07. The van der Waals surface area contributed by atoms with Crippen molar-refractivity contribution in [3.8, 4) is 0 Å². The van der Waals surface area contributed by atoms with E-state index in [0.717, 1.165) is 30.9 Å². The second kappa shape index (κ2) is 7.70. The summed E-state index contributed by atoms with van der Waals surface area (Å²) in [6, 6.07) is 7.91. The first-order chi connectivity index (χ1) is 8.17. The molecule has 2 N–H and O–H groups in total. The van der Waals surface area contributed by atoms with Crippen LogP contribution in [-0.2, 0) is 11.2 Å². The predicted molar refractivity (Wildman–Crippen MR) is 73.5 cm³/mol. The molecule has 0 saturated heterocycles. The number of benzene rings is 1. The first kappa shape index (κ1) is 14.5. The molecule has 0 aliphatic rings. The fraction of sp³-hybridized carbons (Fsp3) is 0.571. The molecular weight excluding hydrogens is 234 g/mol. The van der Waals surface area contributed by atoms with Crippen molar-refractivity contribution in [1.29, 1.82) is 0 Å². The highest BCUT2D eigenvalue weighted by molar-refractivity contribution is 6.30. The Morgan fingerprint density at radius 2 is 1.88 bits per heavy atom. The summed E-state index contributed by atoms with van der Waals surface area (Å²) >= 11 is 5.85. The quantitative estimate of drug-likeness (QED) is 0.810. The maximum atomic E-state index is 6.20. The Morgan fingerprint density at radius 3 is 2.41 bits per heavy atom. The van der Waals surface area contributed by atoms with E-state index >= 15 is 0 Å². The highest BCUT2D eigenvalue weighted by Crippen LogP contribution is 2.14. The maximum Gasteiger partial charge on any atom is 0.0728 e. The summed E-state index contributed by atoms with van der Waals surface area (Å²) in [6.45, 7) is 4.89. The first-order valence-corrected chi connectivity index (χ1v) is 6.66. The van der Waals surface area contributed by atoms with Crippen LogP contribution in [0.15, 0.2) is 24.3 Å². The molecule has 2 nitrogen and oxygen atoms in total. The van der Waals surface area contributed by atoms with Gasteiger partial charge in [0.2, 0.25) is 0 Å². The van der Waals surface area contributed by atoms with Gasteiger partial charge in [-0.25, -0.2) is 0 Å². The molecule has 17 heavy (non-hydrogen) atoms. The minimum atomic E-state index is 0.0519. The Morgan fingerprint density at radius 1 is 1.24 bits per heavy atom. The molecular formula is C14H22ClNO. The molecule has 0 amide bonds. The van der Waals surface area contributed by atoms with Crippen molar-refractivity contribution in [3.05, 3.63) is 34.9 Å². The summed E-state index contributed by atoms with van der Waals surface area (Å²) in [5.74, 6) is 0. The zero-order valence-corrected chi connectivity index (χ0v) is 11.4. The zero-order chi connectivity index (χ0) is 12.7. The lowest BCUT2D eigenvalue weighted by Gasteiger charge is -2.23. The van der Waals surface area contributed by atoms with Crippen LogP contribution >= 0.6 is 11.6 Å². The van der Waals surface area contributed by atoms with Gasteiger partial charge >= 0.3 is 0 Å². The van der Waals surface area contributed by atoms with Crippen LogP contribution in [0.1, 0.15) is 32.3 Å². The van der Waals surface area contributed by atoms with Crippen molar-refractivity contribution in [2.45, 2.75) is 45.3 Å². The number of ether oxygens (including phenoxy) is 1. The number of nitrogens with two attached hydrogens (primary N) is 1. The van der Waals surface area contributed by atoms with E-state index in [9.17, 15) is 0 Å². The van der Waals surface area contributed by atoms with Crippen molar-refractivity contribution >= 4 is 11.6 Å². The van der Waals surface area contributed by atoms with E-state index in [1.807, 2.05) is 31.2 Å². The van der Waals surface area contributed by atoms with Crippen LogP contribution in [0, 0.1) is 0 Å². The highest BCUT2D eigenvalue weighted by Gasteiger charge is 2.17. The van der Waals surface area contributed by atoms with Crippen LogP contribution in [-0.4, -0.2) is 18.8 Å². The van der Waals surface area contributed by atoms with E-state index in [0.29, 0.717) is 0 Å². The second-order valence-electron chi connectivity index (χ2n) is 4.28. The van der Waals surface area contributed by atoms with Gasteiger partial charge in [-0.15, -0.1) is 0 Å². The Kier molecular flexibility index (Phi) is 6.56. The minimum Gasteiger partial charge on any atom is -0.377 e. The lowest BCUT2D eigenvalue weighted by Crippen LogP contribution is -2.38. The van der Waals surface area contributed by atoms with Gasteiger partial charge < -0.3 is 10.5 Å². The molecule has 0 spiro atoms.